The number of rotatable bonds is 2. The molecule has 2 unspecified atom stereocenters. The van der Waals surface area contributed by atoms with Crippen LogP contribution in [0.25, 0.3) is 0 Å². The monoisotopic (exact) mass is 329 g/mol. The van der Waals surface area contributed by atoms with Crippen molar-refractivity contribution in [3.05, 3.63) is 69.7 Å². The molecular formula is C21H28ClN. The average Bonchev–Trinajstić information content (AvgIpc) is 2.80. The van der Waals surface area contributed by atoms with Crippen molar-refractivity contribution in [2.45, 2.75) is 53.1 Å². The van der Waals surface area contributed by atoms with Crippen LogP contribution in [0.3, 0.4) is 0 Å². The highest BCUT2D eigenvalue weighted by molar-refractivity contribution is 6.30. The standard InChI is InChI=1S/C19H22ClN.C2H6/c1-5-21-14(3)16-8-6-7-9-17(16)19(21,4)18-12-15(20)11-10-13(18)2;1-2/h6-12,14H,5H2,1-4H3;1-2H3. The summed E-state index contributed by atoms with van der Waals surface area (Å²) in [5.74, 6) is 0. The van der Waals surface area contributed by atoms with Gasteiger partial charge in [-0.05, 0) is 61.7 Å². The van der Waals surface area contributed by atoms with Crippen molar-refractivity contribution in [3.63, 3.8) is 0 Å². The first-order valence-corrected chi connectivity index (χ1v) is 9.00. The Morgan fingerprint density at radius 1 is 1.09 bits per heavy atom. The Morgan fingerprint density at radius 2 is 1.74 bits per heavy atom. The second-order valence-corrected chi connectivity index (χ2v) is 6.52. The van der Waals surface area contributed by atoms with Crippen molar-refractivity contribution >= 4 is 11.6 Å². The Morgan fingerprint density at radius 3 is 2.39 bits per heavy atom. The molecule has 0 N–H and O–H groups in total. The summed E-state index contributed by atoms with van der Waals surface area (Å²) in [7, 11) is 0. The van der Waals surface area contributed by atoms with Crippen molar-refractivity contribution in [2.75, 3.05) is 6.54 Å². The molecule has 0 amide bonds. The van der Waals surface area contributed by atoms with Gasteiger partial charge in [-0.25, -0.2) is 0 Å². The summed E-state index contributed by atoms with van der Waals surface area (Å²) in [6.45, 7) is 14.1. The number of fused-ring (bicyclic) bond motifs is 1. The largest absolute Gasteiger partial charge is 0.283 e. The van der Waals surface area contributed by atoms with Crippen LogP contribution >= 0.6 is 11.6 Å². The molecule has 0 bridgehead atoms. The molecule has 0 saturated carbocycles. The Hall–Kier alpha value is -1.31. The lowest BCUT2D eigenvalue weighted by molar-refractivity contribution is 0.128. The molecule has 0 spiro atoms. The molecule has 2 aromatic rings. The summed E-state index contributed by atoms with van der Waals surface area (Å²) in [6.07, 6.45) is 0. The minimum Gasteiger partial charge on any atom is -0.283 e. The zero-order valence-electron chi connectivity index (χ0n) is 15.2. The molecule has 0 aliphatic carbocycles. The fourth-order valence-corrected chi connectivity index (χ4v) is 4.20. The van der Waals surface area contributed by atoms with E-state index in [1.165, 1.54) is 22.3 Å². The molecule has 3 rings (SSSR count). The van der Waals surface area contributed by atoms with E-state index in [2.05, 4.69) is 69.0 Å². The SMILES string of the molecule is CC.CCN1C(C)c2ccccc2C1(C)c1cc(Cl)ccc1C. The molecule has 0 fully saturated rings. The highest BCUT2D eigenvalue weighted by atomic mass is 35.5. The van der Waals surface area contributed by atoms with Crippen LogP contribution in [0.2, 0.25) is 5.02 Å². The van der Waals surface area contributed by atoms with Gasteiger partial charge in [0.15, 0.2) is 0 Å². The fraction of sp³-hybridized carbons (Fsp3) is 0.429. The second kappa shape index (κ2) is 7.07. The molecule has 2 heteroatoms. The zero-order chi connectivity index (χ0) is 17.2. The van der Waals surface area contributed by atoms with Crippen LogP contribution < -0.4 is 0 Å². The predicted molar refractivity (Wildman–Crippen MR) is 101 cm³/mol. The van der Waals surface area contributed by atoms with Gasteiger partial charge in [-0.3, -0.25) is 4.90 Å². The van der Waals surface area contributed by atoms with Gasteiger partial charge < -0.3 is 0 Å². The molecule has 23 heavy (non-hydrogen) atoms. The van der Waals surface area contributed by atoms with E-state index in [0.717, 1.165) is 11.6 Å². The average molecular weight is 330 g/mol. The fourth-order valence-electron chi connectivity index (χ4n) is 4.02. The van der Waals surface area contributed by atoms with E-state index in [-0.39, 0.29) is 5.54 Å². The molecule has 0 saturated heterocycles. The van der Waals surface area contributed by atoms with Crippen molar-refractivity contribution in [1.82, 2.24) is 4.90 Å². The first kappa shape index (κ1) is 18.0. The van der Waals surface area contributed by atoms with Gasteiger partial charge in [0.2, 0.25) is 0 Å². The van der Waals surface area contributed by atoms with Gasteiger partial charge in [0.1, 0.15) is 0 Å². The van der Waals surface area contributed by atoms with Crippen LogP contribution in [0, 0.1) is 6.92 Å². The molecule has 1 nitrogen and oxygen atoms in total. The minimum atomic E-state index is -0.111. The molecule has 1 aliphatic rings. The van der Waals surface area contributed by atoms with Crippen LogP contribution in [-0.4, -0.2) is 11.4 Å². The Balaban J connectivity index is 0.000000924. The van der Waals surface area contributed by atoms with Crippen LogP contribution in [0.1, 0.15) is 62.9 Å². The van der Waals surface area contributed by atoms with Crippen molar-refractivity contribution in [2.24, 2.45) is 0 Å². The van der Waals surface area contributed by atoms with Gasteiger partial charge in [-0.1, -0.05) is 62.7 Å². The summed E-state index contributed by atoms with van der Waals surface area (Å²) in [5, 5.41) is 0.810. The van der Waals surface area contributed by atoms with Gasteiger partial charge in [0.25, 0.3) is 0 Å². The van der Waals surface area contributed by atoms with Crippen molar-refractivity contribution < 1.29 is 0 Å². The quantitative estimate of drug-likeness (QED) is 0.621. The molecule has 1 heterocycles. The third kappa shape index (κ3) is 2.81. The van der Waals surface area contributed by atoms with E-state index in [4.69, 9.17) is 11.6 Å². The van der Waals surface area contributed by atoms with Gasteiger partial charge in [0.05, 0.1) is 5.54 Å². The number of halogens is 1. The highest BCUT2D eigenvalue weighted by Crippen LogP contribution is 2.50. The maximum absolute atomic E-state index is 6.29. The predicted octanol–water partition coefficient (Wildman–Crippen LogP) is 6.33. The van der Waals surface area contributed by atoms with Crippen LogP contribution in [0.4, 0.5) is 0 Å². The molecular weight excluding hydrogens is 302 g/mol. The van der Waals surface area contributed by atoms with Gasteiger partial charge >= 0.3 is 0 Å². The Bertz CT molecular complexity index is 679. The number of hydrogen-bond donors (Lipinski definition) is 0. The molecule has 2 aromatic carbocycles. The van der Waals surface area contributed by atoms with Gasteiger partial charge in [-0.15, -0.1) is 0 Å². The lowest BCUT2D eigenvalue weighted by Gasteiger charge is -2.39. The zero-order valence-corrected chi connectivity index (χ0v) is 15.9. The molecule has 0 radical (unpaired) electrons. The van der Waals surface area contributed by atoms with Crippen LogP contribution in [0.15, 0.2) is 42.5 Å². The van der Waals surface area contributed by atoms with E-state index in [9.17, 15) is 0 Å². The normalized spacial score (nSPS) is 23.2. The smallest absolute Gasteiger partial charge is 0.0698 e. The van der Waals surface area contributed by atoms with E-state index in [1.54, 1.807) is 0 Å². The lowest BCUT2D eigenvalue weighted by atomic mass is 9.82. The Kier molecular flexibility index (Phi) is 5.54. The summed E-state index contributed by atoms with van der Waals surface area (Å²) in [4.78, 5) is 2.57. The molecule has 2 atom stereocenters. The lowest BCUT2D eigenvalue weighted by Crippen LogP contribution is -2.41. The topological polar surface area (TPSA) is 3.24 Å². The summed E-state index contributed by atoms with van der Waals surface area (Å²) >= 11 is 6.29. The van der Waals surface area contributed by atoms with E-state index < -0.39 is 0 Å². The second-order valence-electron chi connectivity index (χ2n) is 6.08. The highest BCUT2D eigenvalue weighted by Gasteiger charge is 2.46. The number of benzene rings is 2. The van der Waals surface area contributed by atoms with Gasteiger partial charge in [0, 0.05) is 11.1 Å². The van der Waals surface area contributed by atoms with Crippen molar-refractivity contribution in [1.29, 1.82) is 0 Å². The summed E-state index contributed by atoms with van der Waals surface area (Å²) in [6, 6.07) is 15.5. The first-order valence-electron chi connectivity index (χ1n) is 8.63. The van der Waals surface area contributed by atoms with Crippen molar-refractivity contribution in [3.8, 4) is 0 Å². The number of nitrogens with zero attached hydrogens (tertiary/aromatic N) is 1. The number of hydrogen-bond acceptors (Lipinski definition) is 1. The van der Waals surface area contributed by atoms with E-state index in [0.29, 0.717) is 6.04 Å². The third-order valence-electron chi connectivity index (χ3n) is 5.04. The van der Waals surface area contributed by atoms with E-state index in [1.807, 2.05) is 19.9 Å². The number of aryl methyl sites for hydroxylation is 1. The Labute approximate surface area is 146 Å². The maximum Gasteiger partial charge on any atom is 0.0698 e. The maximum atomic E-state index is 6.29. The molecule has 0 aromatic heterocycles. The summed E-state index contributed by atoms with van der Waals surface area (Å²) in [5.41, 5.74) is 5.34. The first-order chi connectivity index (χ1) is 11.0. The molecule has 1 aliphatic heterocycles. The van der Waals surface area contributed by atoms with Crippen LogP contribution in [-0.2, 0) is 5.54 Å². The van der Waals surface area contributed by atoms with Crippen LogP contribution in [0.5, 0.6) is 0 Å². The van der Waals surface area contributed by atoms with E-state index >= 15 is 0 Å². The van der Waals surface area contributed by atoms with Gasteiger partial charge in [-0.2, -0.15) is 0 Å². The summed E-state index contributed by atoms with van der Waals surface area (Å²) < 4.78 is 0. The minimum absolute atomic E-state index is 0.111. The third-order valence-corrected chi connectivity index (χ3v) is 5.28. The molecule has 124 valence electrons.